The number of hydrogen-bond donors (Lipinski definition) is 2. The third-order valence-electron chi connectivity index (χ3n) is 6.68. The van der Waals surface area contributed by atoms with Gasteiger partial charge in [-0.25, -0.2) is 4.98 Å². The van der Waals surface area contributed by atoms with Crippen molar-refractivity contribution in [1.29, 1.82) is 0 Å². The smallest absolute Gasteiger partial charge is 0.348 e. The van der Waals surface area contributed by atoms with Crippen LogP contribution >= 0.6 is 11.6 Å². The van der Waals surface area contributed by atoms with Gasteiger partial charge in [-0.15, -0.1) is 0 Å². The lowest BCUT2D eigenvalue weighted by Crippen LogP contribution is -2.44. The van der Waals surface area contributed by atoms with E-state index in [-0.39, 0.29) is 23.3 Å². The number of imidazole rings is 1. The van der Waals surface area contributed by atoms with Gasteiger partial charge in [0.05, 0.1) is 18.2 Å². The summed E-state index contributed by atoms with van der Waals surface area (Å²) in [5.74, 6) is -1.37. The lowest BCUT2D eigenvalue weighted by atomic mass is 9.71. The monoisotopic (exact) mass is 496 g/mol. The zero-order valence-electron chi connectivity index (χ0n) is 18.3. The Morgan fingerprint density at radius 1 is 1.24 bits per heavy atom. The second kappa shape index (κ2) is 9.40. The molecule has 2 N–H and O–H groups in total. The molecule has 34 heavy (non-hydrogen) atoms. The van der Waals surface area contributed by atoms with Crippen molar-refractivity contribution in [3.05, 3.63) is 47.0 Å². The van der Waals surface area contributed by atoms with Crippen molar-refractivity contribution in [3.63, 3.8) is 0 Å². The number of ketones is 1. The van der Waals surface area contributed by atoms with E-state index < -0.39 is 36.1 Å². The molecule has 1 aliphatic carbocycles. The van der Waals surface area contributed by atoms with Crippen LogP contribution in [0.15, 0.2) is 30.6 Å². The van der Waals surface area contributed by atoms with E-state index in [9.17, 15) is 27.6 Å². The first-order valence-corrected chi connectivity index (χ1v) is 11.5. The number of benzene rings is 1. The van der Waals surface area contributed by atoms with Crippen molar-refractivity contribution in [3.8, 4) is 0 Å². The maximum atomic E-state index is 13.2. The molecule has 1 aromatic carbocycles. The minimum absolute atomic E-state index is 0.0608. The Morgan fingerprint density at radius 3 is 2.65 bits per heavy atom. The van der Waals surface area contributed by atoms with Crippen LogP contribution in [-0.2, 0) is 4.79 Å². The Labute approximate surface area is 199 Å². The first-order valence-electron chi connectivity index (χ1n) is 11.1. The number of rotatable bonds is 6. The molecule has 2 fully saturated rings. The molecule has 1 spiro atoms. The van der Waals surface area contributed by atoms with E-state index in [2.05, 4.69) is 15.3 Å². The van der Waals surface area contributed by atoms with Crippen LogP contribution in [0.2, 0.25) is 5.02 Å². The number of nitrogens with zero attached hydrogens (tertiary/aromatic N) is 2. The van der Waals surface area contributed by atoms with E-state index >= 15 is 0 Å². The molecule has 7 nitrogen and oxygen atoms in total. The molecule has 2 heterocycles. The molecule has 2 amide bonds. The summed E-state index contributed by atoms with van der Waals surface area (Å²) in [4.78, 5) is 46.1. The molecule has 0 bridgehead atoms. The molecule has 4 rings (SSSR count). The first-order chi connectivity index (χ1) is 16.1. The second-order valence-electron chi connectivity index (χ2n) is 8.88. The zero-order chi connectivity index (χ0) is 24.5. The van der Waals surface area contributed by atoms with Crippen LogP contribution in [0.4, 0.5) is 18.9 Å². The van der Waals surface area contributed by atoms with Gasteiger partial charge in [-0.3, -0.25) is 14.4 Å². The number of nitrogens with one attached hydrogen (secondary N) is 2. The zero-order valence-corrected chi connectivity index (χ0v) is 19.0. The predicted molar refractivity (Wildman–Crippen MR) is 119 cm³/mol. The average molecular weight is 497 g/mol. The van der Waals surface area contributed by atoms with Crippen molar-refractivity contribution in [2.45, 2.75) is 57.2 Å². The SMILES string of the molecule is O=C(CCC(F)(F)F)c1nc[nH]c1C(=O)NC1CCC2(CC1)CCN(c1cccc(Cl)c1)C2=O. The molecule has 0 radical (unpaired) electrons. The number of carbonyl (C=O) groups is 3. The number of halogens is 4. The Hall–Kier alpha value is -2.88. The Kier molecular flexibility index (Phi) is 6.71. The summed E-state index contributed by atoms with van der Waals surface area (Å²) in [7, 11) is 0. The highest BCUT2D eigenvalue weighted by Crippen LogP contribution is 2.46. The molecule has 1 aliphatic heterocycles. The van der Waals surface area contributed by atoms with E-state index in [1.165, 1.54) is 0 Å². The summed E-state index contributed by atoms with van der Waals surface area (Å²) in [6, 6.07) is 6.96. The highest BCUT2D eigenvalue weighted by molar-refractivity contribution is 6.31. The Morgan fingerprint density at radius 2 is 1.97 bits per heavy atom. The van der Waals surface area contributed by atoms with Gasteiger partial charge in [-0.05, 0) is 50.3 Å². The van der Waals surface area contributed by atoms with Gasteiger partial charge in [0.25, 0.3) is 5.91 Å². The molecular formula is C23H24ClF3N4O3. The molecule has 1 saturated heterocycles. The van der Waals surface area contributed by atoms with Gasteiger partial charge in [-0.1, -0.05) is 17.7 Å². The van der Waals surface area contributed by atoms with E-state index in [1.807, 2.05) is 6.07 Å². The number of hydrogen-bond acceptors (Lipinski definition) is 4. The number of Topliss-reactive ketones (excluding diaryl/α,β-unsaturated/α-hetero) is 1. The average Bonchev–Trinajstić information content (AvgIpc) is 3.39. The minimum Gasteiger partial charge on any atom is -0.348 e. The summed E-state index contributed by atoms with van der Waals surface area (Å²) in [5.41, 5.74) is -0.142. The summed E-state index contributed by atoms with van der Waals surface area (Å²) in [6.07, 6.45) is -2.31. The number of aromatic nitrogens is 2. The van der Waals surface area contributed by atoms with E-state index in [4.69, 9.17) is 11.6 Å². The molecule has 2 aromatic rings. The van der Waals surface area contributed by atoms with Crippen LogP contribution in [0.25, 0.3) is 0 Å². The third kappa shape index (κ3) is 5.11. The maximum absolute atomic E-state index is 13.2. The van der Waals surface area contributed by atoms with Crippen LogP contribution in [0.1, 0.15) is 65.9 Å². The molecule has 1 aromatic heterocycles. The lowest BCUT2D eigenvalue weighted by molar-refractivity contribution is -0.133. The molecule has 2 aliphatic rings. The van der Waals surface area contributed by atoms with Crippen LogP contribution in [0.3, 0.4) is 0 Å². The van der Waals surface area contributed by atoms with Gasteiger partial charge < -0.3 is 15.2 Å². The summed E-state index contributed by atoms with van der Waals surface area (Å²) in [5, 5.41) is 3.40. The summed E-state index contributed by atoms with van der Waals surface area (Å²) >= 11 is 6.07. The normalized spacial score (nSPS) is 22.9. The van der Waals surface area contributed by atoms with Gasteiger partial charge in [0, 0.05) is 29.7 Å². The molecule has 1 saturated carbocycles. The van der Waals surface area contributed by atoms with Crippen LogP contribution in [0.5, 0.6) is 0 Å². The number of aromatic amines is 1. The van der Waals surface area contributed by atoms with E-state index in [1.54, 1.807) is 23.1 Å². The van der Waals surface area contributed by atoms with E-state index in [0.29, 0.717) is 37.3 Å². The van der Waals surface area contributed by atoms with Gasteiger partial charge in [-0.2, -0.15) is 13.2 Å². The van der Waals surface area contributed by atoms with Crippen molar-refractivity contribution in [1.82, 2.24) is 15.3 Å². The topological polar surface area (TPSA) is 95.2 Å². The highest BCUT2D eigenvalue weighted by atomic mass is 35.5. The van der Waals surface area contributed by atoms with Crippen molar-refractivity contribution < 1.29 is 27.6 Å². The largest absolute Gasteiger partial charge is 0.389 e. The summed E-state index contributed by atoms with van der Waals surface area (Å²) in [6.45, 7) is 0.605. The van der Waals surface area contributed by atoms with Crippen LogP contribution < -0.4 is 10.2 Å². The molecule has 182 valence electrons. The number of anilines is 1. The fourth-order valence-corrected chi connectivity index (χ4v) is 4.98. The molecule has 0 unspecified atom stereocenters. The molecule has 11 heteroatoms. The van der Waals surface area contributed by atoms with Crippen molar-refractivity contribution in [2.24, 2.45) is 5.41 Å². The number of H-pyrrole nitrogens is 1. The first kappa shape index (κ1) is 24.3. The summed E-state index contributed by atoms with van der Waals surface area (Å²) < 4.78 is 37.3. The Balaban J connectivity index is 1.35. The van der Waals surface area contributed by atoms with Crippen LogP contribution in [-0.4, -0.2) is 46.3 Å². The second-order valence-corrected chi connectivity index (χ2v) is 9.32. The number of carbonyl (C=O) groups excluding carboxylic acids is 3. The predicted octanol–water partition coefficient (Wildman–Crippen LogP) is 4.68. The lowest BCUT2D eigenvalue weighted by Gasteiger charge is -2.36. The molecular weight excluding hydrogens is 473 g/mol. The maximum Gasteiger partial charge on any atom is 0.389 e. The fraction of sp³-hybridized carbons (Fsp3) is 0.478. The van der Waals surface area contributed by atoms with Gasteiger partial charge in [0.2, 0.25) is 5.91 Å². The number of alkyl halides is 3. The molecule has 0 atom stereocenters. The van der Waals surface area contributed by atoms with Gasteiger partial charge in [0.1, 0.15) is 11.4 Å². The van der Waals surface area contributed by atoms with Gasteiger partial charge >= 0.3 is 6.18 Å². The fourth-order valence-electron chi connectivity index (χ4n) is 4.80. The Bertz CT molecular complexity index is 1090. The quantitative estimate of drug-likeness (QED) is 0.567. The standard InChI is InChI=1S/C23H24ClF3N4O3/c24-14-2-1-3-16(12-14)31-11-10-22(21(31)34)7-4-15(5-8-22)30-20(33)19-18(28-13-29-19)17(32)6-9-23(25,26)27/h1-3,12-13,15H,4-11H2,(H,28,29)(H,30,33). The van der Waals surface area contributed by atoms with Crippen LogP contribution in [0, 0.1) is 5.41 Å². The van der Waals surface area contributed by atoms with E-state index in [0.717, 1.165) is 18.4 Å². The highest BCUT2D eigenvalue weighted by Gasteiger charge is 2.49. The van der Waals surface area contributed by atoms with Crippen molar-refractivity contribution >= 4 is 34.9 Å². The van der Waals surface area contributed by atoms with Gasteiger partial charge in [0.15, 0.2) is 5.78 Å². The third-order valence-corrected chi connectivity index (χ3v) is 6.91. The van der Waals surface area contributed by atoms with Crippen molar-refractivity contribution in [2.75, 3.05) is 11.4 Å². The minimum atomic E-state index is -4.47. The number of amides is 2.